The molecule has 0 bridgehead atoms. The largest absolute Gasteiger partial charge is 0.440 e. The van der Waals surface area contributed by atoms with E-state index in [1.807, 2.05) is 24.3 Å². The molecule has 1 saturated heterocycles. The summed E-state index contributed by atoms with van der Waals surface area (Å²) in [5.41, 5.74) is 1.09. The fraction of sp³-hybridized carbons (Fsp3) is 0.591. The third-order valence-electron chi connectivity index (χ3n) is 6.43. The molecular weight excluding hydrogens is 352 g/mol. The number of rotatable bonds is 4. The monoisotopic (exact) mass is 380 g/mol. The summed E-state index contributed by atoms with van der Waals surface area (Å²) in [5.74, 6) is 1.02. The normalized spacial score (nSPS) is 22.6. The Kier molecular flexibility index (Phi) is 5.36. The molecule has 0 spiro atoms. The molecule has 2 fully saturated rings. The van der Waals surface area contributed by atoms with Crippen LogP contribution in [-0.2, 0) is 4.79 Å². The van der Waals surface area contributed by atoms with Gasteiger partial charge in [-0.25, -0.2) is 4.98 Å². The number of piperidine rings is 1. The zero-order valence-electron chi connectivity index (χ0n) is 16.6. The van der Waals surface area contributed by atoms with Gasteiger partial charge >= 0.3 is 0 Å². The Morgan fingerprint density at radius 3 is 2.86 bits per heavy atom. The summed E-state index contributed by atoms with van der Waals surface area (Å²) < 4.78 is 5.96. The van der Waals surface area contributed by atoms with E-state index in [0.717, 1.165) is 75.0 Å². The van der Waals surface area contributed by atoms with Gasteiger partial charge in [-0.3, -0.25) is 9.69 Å². The molecule has 148 valence electrons. The quantitative estimate of drug-likeness (QED) is 0.809. The van der Waals surface area contributed by atoms with Gasteiger partial charge < -0.3 is 9.32 Å². The summed E-state index contributed by atoms with van der Waals surface area (Å²) in [6.07, 6.45) is 6.82. The molecule has 1 atom stereocenters. The van der Waals surface area contributed by atoms with Gasteiger partial charge in [-0.15, -0.1) is 0 Å². The summed E-state index contributed by atoms with van der Waals surface area (Å²) in [6, 6.07) is 10.3. The Morgan fingerprint density at radius 2 is 2.11 bits per heavy atom. The van der Waals surface area contributed by atoms with Crippen LogP contribution in [0.2, 0.25) is 0 Å². The Hall–Kier alpha value is -2.39. The van der Waals surface area contributed by atoms with Crippen molar-refractivity contribution in [2.24, 2.45) is 0 Å². The molecule has 1 aromatic carbocycles. The van der Waals surface area contributed by atoms with Crippen molar-refractivity contribution < 1.29 is 9.21 Å². The molecule has 28 heavy (non-hydrogen) atoms. The van der Waals surface area contributed by atoms with Crippen LogP contribution in [0.15, 0.2) is 28.7 Å². The fourth-order valence-corrected chi connectivity index (χ4v) is 4.66. The second-order valence-electron chi connectivity index (χ2n) is 8.25. The Labute approximate surface area is 166 Å². The molecule has 1 aliphatic carbocycles. The van der Waals surface area contributed by atoms with Crippen LogP contribution in [-0.4, -0.2) is 52.9 Å². The van der Waals surface area contributed by atoms with Crippen molar-refractivity contribution in [2.75, 3.05) is 26.7 Å². The second-order valence-corrected chi connectivity index (χ2v) is 8.25. The van der Waals surface area contributed by atoms with Crippen molar-refractivity contribution in [3.8, 4) is 6.07 Å². The first-order valence-electron chi connectivity index (χ1n) is 10.4. The van der Waals surface area contributed by atoms with Gasteiger partial charge in [0.1, 0.15) is 11.1 Å². The highest BCUT2D eigenvalue weighted by atomic mass is 16.3. The number of para-hydroxylation sites is 2. The van der Waals surface area contributed by atoms with Crippen molar-refractivity contribution >= 4 is 17.0 Å². The van der Waals surface area contributed by atoms with Crippen molar-refractivity contribution in [3.63, 3.8) is 0 Å². The van der Waals surface area contributed by atoms with E-state index in [9.17, 15) is 10.1 Å². The Balaban J connectivity index is 1.42. The number of fused-ring (bicyclic) bond motifs is 1. The third-order valence-corrected chi connectivity index (χ3v) is 6.43. The summed E-state index contributed by atoms with van der Waals surface area (Å²) in [5, 5.41) is 9.75. The Bertz CT molecular complexity index is 845. The van der Waals surface area contributed by atoms with Gasteiger partial charge in [-0.05, 0) is 44.4 Å². The minimum Gasteiger partial charge on any atom is -0.440 e. The van der Waals surface area contributed by atoms with Crippen LogP contribution in [0, 0.1) is 11.3 Å². The van der Waals surface area contributed by atoms with Crippen LogP contribution in [0.4, 0.5) is 0 Å². The van der Waals surface area contributed by atoms with Crippen molar-refractivity contribution in [3.05, 3.63) is 30.2 Å². The van der Waals surface area contributed by atoms with Gasteiger partial charge in [0.25, 0.3) is 0 Å². The van der Waals surface area contributed by atoms with Gasteiger partial charge in [-0.1, -0.05) is 31.4 Å². The van der Waals surface area contributed by atoms with Gasteiger partial charge in [0.15, 0.2) is 11.5 Å². The number of benzene rings is 1. The number of nitrogens with zero attached hydrogens (tertiary/aromatic N) is 4. The van der Waals surface area contributed by atoms with Gasteiger partial charge in [0.05, 0.1) is 12.6 Å². The molecular formula is C22H28N4O2. The lowest BCUT2D eigenvalue weighted by Gasteiger charge is -2.40. The van der Waals surface area contributed by atoms with Crippen LogP contribution in [0.3, 0.4) is 0 Å². The molecule has 1 aromatic heterocycles. The number of likely N-dealkylation sites (tertiary alicyclic amines) is 1. The zero-order chi connectivity index (χ0) is 19.6. The standard InChI is InChI=1S/C22H28N4O2/c1-25(22(16-23)11-5-2-6-12-22)20(27)15-26-13-7-8-17(14-26)21-24-18-9-3-4-10-19(18)28-21/h3-4,9-10,17H,2,5-8,11-15H2,1H3. The summed E-state index contributed by atoms with van der Waals surface area (Å²) in [4.78, 5) is 21.5. The summed E-state index contributed by atoms with van der Waals surface area (Å²) in [6.45, 7) is 2.03. The first-order valence-corrected chi connectivity index (χ1v) is 10.4. The van der Waals surface area contributed by atoms with Gasteiger partial charge in [0, 0.05) is 19.5 Å². The molecule has 1 saturated carbocycles. The number of hydrogen-bond donors (Lipinski definition) is 0. The van der Waals surface area contributed by atoms with Crippen molar-refractivity contribution in [1.29, 1.82) is 5.26 Å². The van der Waals surface area contributed by atoms with E-state index in [1.54, 1.807) is 11.9 Å². The lowest BCUT2D eigenvalue weighted by molar-refractivity contribution is -0.136. The lowest BCUT2D eigenvalue weighted by atomic mass is 9.81. The van der Waals surface area contributed by atoms with Gasteiger partial charge in [0.2, 0.25) is 5.91 Å². The minimum absolute atomic E-state index is 0.0432. The second kappa shape index (κ2) is 7.92. The smallest absolute Gasteiger partial charge is 0.237 e. The maximum Gasteiger partial charge on any atom is 0.237 e. The molecule has 4 rings (SSSR count). The van der Waals surface area contributed by atoms with Crippen LogP contribution in [0.25, 0.3) is 11.1 Å². The van der Waals surface area contributed by atoms with E-state index < -0.39 is 5.54 Å². The molecule has 2 heterocycles. The van der Waals surface area contributed by atoms with Crippen molar-refractivity contribution in [1.82, 2.24) is 14.8 Å². The molecule has 1 amide bonds. The first kappa shape index (κ1) is 18.9. The summed E-state index contributed by atoms with van der Waals surface area (Å²) >= 11 is 0. The highest BCUT2D eigenvalue weighted by molar-refractivity contribution is 5.79. The molecule has 0 radical (unpaired) electrons. The third kappa shape index (κ3) is 3.64. The molecule has 1 unspecified atom stereocenters. The van der Waals surface area contributed by atoms with E-state index in [-0.39, 0.29) is 11.8 Å². The lowest BCUT2D eigenvalue weighted by Crippen LogP contribution is -2.53. The number of oxazole rings is 1. The maximum atomic E-state index is 13.0. The summed E-state index contributed by atoms with van der Waals surface area (Å²) in [7, 11) is 1.80. The van der Waals surface area contributed by atoms with Gasteiger partial charge in [-0.2, -0.15) is 5.26 Å². The van der Waals surface area contributed by atoms with Crippen molar-refractivity contribution in [2.45, 2.75) is 56.4 Å². The van der Waals surface area contributed by atoms with E-state index >= 15 is 0 Å². The molecule has 1 aliphatic heterocycles. The molecule has 2 aromatic rings. The van der Waals surface area contributed by atoms with Crippen LogP contribution in [0.5, 0.6) is 0 Å². The zero-order valence-corrected chi connectivity index (χ0v) is 16.6. The predicted molar refractivity (Wildman–Crippen MR) is 107 cm³/mol. The fourth-order valence-electron chi connectivity index (χ4n) is 4.66. The minimum atomic E-state index is -0.620. The van der Waals surface area contributed by atoms with E-state index in [4.69, 9.17) is 4.42 Å². The number of likely N-dealkylation sites (N-methyl/N-ethyl adjacent to an activating group) is 1. The van der Waals surface area contributed by atoms with E-state index in [0.29, 0.717) is 6.54 Å². The van der Waals surface area contributed by atoms with Crippen LogP contribution < -0.4 is 0 Å². The average molecular weight is 380 g/mol. The topological polar surface area (TPSA) is 73.4 Å². The Morgan fingerprint density at radius 1 is 1.32 bits per heavy atom. The predicted octanol–water partition coefficient (Wildman–Crippen LogP) is 3.69. The number of hydrogen-bond acceptors (Lipinski definition) is 5. The molecule has 0 N–H and O–H groups in total. The highest BCUT2D eigenvalue weighted by Crippen LogP contribution is 2.33. The number of nitriles is 1. The number of carbonyl (C=O) groups excluding carboxylic acids is 1. The maximum absolute atomic E-state index is 13.0. The number of carbonyl (C=O) groups is 1. The SMILES string of the molecule is CN(C(=O)CN1CCCC(c2nc3ccccc3o2)C1)C1(C#N)CCCCC1. The van der Waals surface area contributed by atoms with E-state index in [2.05, 4.69) is 16.0 Å². The first-order chi connectivity index (χ1) is 13.6. The van der Waals surface area contributed by atoms with Crippen LogP contribution >= 0.6 is 0 Å². The average Bonchev–Trinajstić information content (AvgIpc) is 3.18. The van der Waals surface area contributed by atoms with Crippen LogP contribution in [0.1, 0.15) is 56.8 Å². The molecule has 6 nitrogen and oxygen atoms in total. The molecule has 6 heteroatoms. The number of amides is 1. The molecule has 2 aliphatic rings. The van der Waals surface area contributed by atoms with E-state index in [1.165, 1.54) is 0 Å². The number of aromatic nitrogens is 1. The highest BCUT2D eigenvalue weighted by Gasteiger charge is 2.39.